The van der Waals surface area contributed by atoms with Crippen LogP contribution in [0.15, 0.2) is 48.8 Å². The zero-order chi connectivity index (χ0) is 25.9. The average Bonchev–Trinajstić information content (AvgIpc) is 3.71. The first-order chi connectivity index (χ1) is 16.9. The van der Waals surface area contributed by atoms with Crippen LogP contribution in [0.25, 0.3) is 11.1 Å². The molecule has 1 heterocycles. The lowest BCUT2D eigenvalue weighted by Crippen LogP contribution is -2.27. The lowest BCUT2D eigenvalue weighted by Gasteiger charge is -2.17. The molecule has 1 aromatic heterocycles. The maximum Gasteiger partial charge on any atom is 0.416 e. The minimum atomic E-state index is -4.72. The summed E-state index contributed by atoms with van der Waals surface area (Å²) in [5.74, 6) is -3.17. The van der Waals surface area contributed by atoms with Gasteiger partial charge < -0.3 is 10.5 Å². The van der Waals surface area contributed by atoms with Gasteiger partial charge in [0.1, 0.15) is 5.82 Å². The fourth-order valence-corrected chi connectivity index (χ4v) is 4.43. The summed E-state index contributed by atoms with van der Waals surface area (Å²) in [6, 6.07) is 6.59. The van der Waals surface area contributed by atoms with E-state index in [9.17, 15) is 27.2 Å². The van der Waals surface area contributed by atoms with Crippen LogP contribution in [0, 0.1) is 11.2 Å². The van der Waals surface area contributed by atoms with Crippen molar-refractivity contribution in [3.8, 4) is 11.1 Å². The Bertz CT molecular complexity index is 1370. The van der Waals surface area contributed by atoms with Gasteiger partial charge in [-0.15, -0.1) is 0 Å². The van der Waals surface area contributed by atoms with E-state index >= 15 is 0 Å². The van der Waals surface area contributed by atoms with Crippen molar-refractivity contribution in [2.24, 2.45) is 5.41 Å². The molecule has 2 aromatic carbocycles. The molecule has 0 amide bonds. The maximum absolute atomic E-state index is 14.6. The van der Waals surface area contributed by atoms with Gasteiger partial charge in [0, 0.05) is 35.1 Å². The second-order valence-corrected chi connectivity index (χ2v) is 9.96. The number of nitrogens with two attached hydrogens (primary N) is 1. The van der Waals surface area contributed by atoms with E-state index in [0.717, 1.165) is 25.5 Å². The van der Waals surface area contributed by atoms with Crippen molar-refractivity contribution in [2.75, 3.05) is 5.73 Å². The zero-order valence-corrected chi connectivity index (χ0v) is 19.4. The normalized spacial score (nSPS) is 17.5. The van der Waals surface area contributed by atoms with Crippen molar-refractivity contribution < 1.29 is 31.9 Å². The van der Waals surface area contributed by atoms with E-state index in [1.54, 1.807) is 23.1 Å². The number of anilines is 1. The van der Waals surface area contributed by atoms with Crippen LogP contribution in [-0.4, -0.2) is 21.7 Å². The molecule has 0 spiro atoms. The number of aromatic nitrogens is 2. The predicted octanol–water partition coefficient (Wildman–Crippen LogP) is 5.51. The third-order valence-corrected chi connectivity index (χ3v) is 7.02. The predicted molar refractivity (Wildman–Crippen MR) is 122 cm³/mol. The quantitative estimate of drug-likeness (QED) is 0.208. The van der Waals surface area contributed by atoms with E-state index in [1.165, 1.54) is 12.1 Å². The first kappa shape index (κ1) is 24.0. The summed E-state index contributed by atoms with van der Waals surface area (Å²) in [6.07, 6.45) is 1.14. The Hall–Kier alpha value is -3.69. The van der Waals surface area contributed by atoms with Crippen LogP contribution >= 0.6 is 0 Å². The molecule has 2 N–H and O–H groups in total. The minimum absolute atomic E-state index is 0.0317. The molecule has 0 atom stereocenters. The zero-order valence-electron chi connectivity index (χ0n) is 19.4. The minimum Gasteiger partial charge on any atom is -0.398 e. The molecule has 0 unspecified atom stereocenters. The number of hydrogen-bond acceptors (Lipinski definition) is 5. The molecule has 36 heavy (non-hydrogen) atoms. The topological polar surface area (TPSA) is 87.2 Å². The van der Waals surface area contributed by atoms with E-state index in [2.05, 4.69) is 12.0 Å². The van der Waals surface area contributed by atoms with Gasteiger partial charge in [-0.05, 0) is 55.4 Å². The van der Waals surface area contributed by atoms with Crippen molar-refractivity contribution in [2.45, 2.75) is 50.7 Å². The summed E-state index contributed by atoms with van der Waals surface area (Å²) in [5.41, 5.74) is 4.71. The molecule has 2 fully saturated rings. The van der Waals surface area contributed by atoms with Crippen molar-refractivity contribution in [3.63, 3.8) is 0 Å². The van der Waals surface area contributed by atoms with E-state index in [4.69, 9.17) is 10.5 Å². The average molecular weight is 501 g/mol. The van der Waals surface area contributed by atoms with E-state index in [0.29, 0.717) is 23.3 Å². The highest BCUT2D eigenvalue weighted by Crippen LogP contribution is 2.51. The fraction of sp³-hybridized carbons (Fsp3) is 0.346. The van der Waals surface area contributed by atoms with Gasteiger partial charge in [0.2, 0.25) is 0 Å². The second-order valence-electron chi connectivity index (χ2n) is 9.96. The number of ether oxygens (including phenoxy) is 1. The van der Waals surface area contributed by atoms with E-state index in [-0.39, 0.29) is 35.1 Å². The Morgan fingerprint density at radius 3 is 2.47 bits per heavy atom. The number of nitrogens with zero attached hydrogens (tertiary/aromatic N) is 2. The summed E-state index contributed by atoms with van der Waals surface area (Å²) in [6.45, 7) is 2.88. The van der Waals surface area contributed by atoms with Crippen LogP contribution in [0.2, 0.25) is 0 Å². The summed E-state index contributed by atoms with van der Waals surface area (Å²) in [4.78, 5) is 26.0. The number of rotatable bonds is 6. The number of esters is 2. The molecule has 2 aliphatic carbocycles. The van der Waals surface area contributed by atoms with Crippen molar-refractivity contribution in [3.05, 3.63) is 71.3 Å². The molecule has 5 rings (SSSR count). The van der Waals surface area contributed by atoms with Crippen LogP contribution < -0.4 is 5.73 Å². The smallest absolute Gasteiger partial charge is 0.398 e. The number of alkyl halides is 3. The van der Waals surface area contributed by atoms with Crippen LogP contribution in [0.4, 0.5) is 23.2 Å². The van der Waals surface area contributed by atoms with Gasteiger partial charge in [-0.3, -0.25) is 9.48 Å². The molecule has 10 heteroatoms. The van der Waals surface area contributed by atoms with Gasteiger partial charge in [-0.1, -0.05) is 19.1 Å². The summed E-state index contributed by atoms with van der Waals surface area (Å²) in [5, 5.41) is 4.36. The molecule has 3 aromatic rings. The van der Waals surface area contributed by atoms with Crippen molar-refractivity contribution in [1.29, 1.82) is 0 Å². The van der Waals surface area contributed by atoms with Crippen LogP contribution in [0.1, 0.15) is 54.1 Å². The number of halogens is 4. The van der Waals surface area contributed by atoms with E-state index in [1.807, 2.05) is 0 Å². The molecule has 2 saturated carbocycles. The maximum atomic E-state index is 14.6. The molecule has 0 saturated heterocycles. The summed E-state index contributed by atoms with van der Waals surface area (Å²) >= 11 is 0. The number of benzene rings is 2. The number of hydrogen-bond donors (Lipinski definition) is 1. The molecule has 6 nitrogen and oxygen atoms in total. The van der Waals surface area contributed by atoms with Crippen LogP contribution in [-0.2, 0) is 27.7 Å². The van der Waals surface area contributed by atoms with Crippen molar-refractivity contribution >= 4 is 17.6 Å². The number of carbonyl (C=O) groups is 2. The third kappa shape index (κ3) is 4.36. The Kier molecular flexibility index (Phi) is 5.46. The summed E-state index contributed by atoms with van der Waals surface area (Å²) < 4.78 is 60.2. The molecule has 2 aliphatic rings. The van der Waals surface area contributed by atoms with Crippen LogP contribution in [0.5, 0.6) is 0 Å². The summed E-state index contributed by atoms with van der Waals surface area (Å²) in [7, 11) is 0. The molecule has 188 valence electrons. The Balaban J connectivity index is 1.39. The lowest BCUT2D eigenvalue weighted by molar-refractivity contribution is -0.141. The first-order valence-corrected chi connectivity index (χ1v) is 11.5. The molecule has 0 radical (unpaired) electrons. The van der Waals surface area contributed by atoms with Gasteiger partial charge >= 0.3 is 18.1 Å². The Morgan fingerprint density at radius 1 is 1.14 bits per heavy atom. The van der Waals surface area contributed by atoms with Gasteiger partial charge in [0.25, 0.3) is 0 Å². The SMILES string of the molecule is CC1(Cn2cc(-c3c(N)cccc3C(=O)OC(=O)C3(c4ccc(C(F)(F)F)cc4F)CC3)cn2)CC1. The lowest BCUT2D eigenvalue weighted by atomic mass is 9.94. The highest BCUT2D eigenvalue weighted by molar-refractivity contribution is 6.06. The molecule has 0 aliphatic heterocycles. The number of nitrogen functional groups attached to an aromatic ring is 1. The van der Waals surface area contributed by atoms with Gasteiger partial charge in [0.15, 0.2) is 0 Å². The van der Waals surface area contributed by atoms with Gasteiger partial charge in [-0.2, -0.15) is 18.3 Å². The molecule has 0 bridgehead atoms. The molecular weight excluding hydrogens is 478 g/mol. The Morgan fingerprint density at radius 2 is 1.86 bits per heavy atom. The van der Waals surface area contributed by atoms with E-state index < -0.39 is 34.9 Å². The highest BCUT2D eigenvalue weighted by Gasteiger charge is 2.55. The number of carbonyl (C=O) groups excluding carboxylic acids is 2. The van der Waals surface area contributed by atoms with Crippen LogP contribution in [0.3, 0.4) is 0 Å². The van der Waals surface area contributed by atoms with Gasteiger partial charge in [-0.25, -0.2) is 9.18 Å². The Labute approximate surface area is 204 Å². The fourth-order valence-electron chi connectivity index (χ4n) is 4.43. The monoisotopic (exact) mass is 501 g/mol. The first-order valence-electron chi connectivity index (χ1n) is 11.5. The third-order valence-electron chi connectivity index (χ3n) is 7.02. The van der Waals surface area contributed by atoms with Gasteiger partial charge in [0.05, 0.1) is 22.7 Å². The van der Waals surface area contributed by atoms with Crippen molar-refractivity contribution in [1.82, 2.24) is 9.78 Å². The largest absolute Gasteiger partial charge is 0.416 e. The highest BCUT2D eigenvalue weighted by atomic mass is 19.4. The second kappa shape index (κ2) is 8.18. The standard InChI is InChI=1S/C26H23F4N3O3/c1-24(7-8-24)14-33-13-15(12-32-33)21-17(3-2-4-20(21)31)22(34)36-23(35)25(9-10-25)18-6-5-16(11-19(18)27)26(28,29)30/h2-6,11-13H,7-10,14,31H2,1H3. The molecular formula is C26H23F4N3O3.